The molecule has 1 saturated heterocycles. The first-order valence-electron chi connectivity index (χ1n) is 6.62. The maximum atomic E-state index is 11.6. The fourth-order valence-electron chi connectivity index (χ4n) is 2.68. The molecule has 3 N–H and O–H groups in total. The van der Waals surface area contributed by atoms with E-state index in [2.05, 4.69) is 38.3 Å². The highest BCUT2D eigenvalue weighted by molar-refractivity contribution is 9.10. The second-order valence-electron chi connectivity index (χ2n) is 4.91. The van der Waals surface area contributed by atoms with Crippen LogP contribution in [0.25, 0.3) is 0 Å². The third-order valence-electron chi connectivity index (χ3n) is 3.55. The minimum absolute atomic E-state index is 0.175. The lowest BCUT2D eigenvalue weighted by Gasteiger charge is -2.36. The molecular formula is C14H20BrN3O. The van der Waals surface area contributed by atoms with Gasteiger partial charge in [0.1, 0.15) is 6.04 Å². The van der Waals surface area contributed by atoms with E-state index >= 15 is 0 Å². The third-order valence-corrected chi connectivity index (χ3v) is 4.04. The van der Waals surface area contributed by atoms with E-state index in [-0.39, 0.29) is 11.9 Å². The number of anilines is 1. The topological polar surface area (TPSA) is 58.4 Å². The van der Waals surface area contributed by atoms with Crippen molar-refractivity contribution in [1.29, 1.82) is 0 Å². The standard InChI is InChI=1S/C14H20BrN3O/c1-17-9-10-8-11(15)5-6-12(10)18-7-3-2-4-13(18)14(16)19/h5-6,8,13,17H,2-4,7,9H2,1H3,(H2,16,19). The monoisotopic (exact) mass is 325 g/mol. The van der Waals surface area contributed by atoms with Gasteiger partial charge in [-0.1, -0.05) is 15.9 Å². The van der Waals surface area contributed by atoms with Gasteiger partial charge in [0.15, 0.2) is 0 Å². The summed E-state index contributed by atoms with van der Waals surface area (Å²) in [6.45, 7) is 1.67. The average molecular weight is 326 g/mol. The van der Waals surface area contributed by atoms with Gasteiger partial charge in [-0.3, -0.25) is 4.79 Å². The van der Waals surface area contributed by atoms with Crippen LogP contribution in [-0.4, -0.2) is 25.5 Å². The maximum absolute atomic E-state index is 11.6. The summed E-state index contributed by atoms with van der Waals surface area (Å²) in [6, 6.07) is 6.00. The Morgan fingerprint density at radius 3 is 3.00 bits per heavy atom. The Morgan fingerprint density at radius 1 is 1.53 bits per heavy atom. The highest BCUT2D eigenvalue weighted by Gasteiger charge is 2.28. The maximum Gasteiger partial charge on any atom is 0.240 e. The van der Waals surface area contributed by atoms with Crippen molar-refractivity contribution in [2.45, 2.75) is 31.8 Å². The quantitative estimate of drug-likeness (QED) is 0.890. The molecule has 1 aromatic rings. The Kier molecular flexibility index (Phi) is 4.82. The molecule has 1 atom stereocenters. The molecule has 2 rings (SSSR count). The number of rotatable bonds is 4. The van der Waals surface area contributed by atoms with E-state index in [0.717, 1.165) is 42.5 Å². The fourth-order valence-corrected chi connectivity index (χ4v) is 3.09. The van der Waals surface area contributed by atoms with Crippen molar-refractivity contribution in [2.75, 3.05) is 18.5 Å². The van der Waals surface area contributed by atoms with Crippen LogP contribution in [-0.2, 0) is 11.3 Å². The molecule has 4 nitrogen and oxygen atoms in total. The number of amides is 1. The van der Waals surface area contributed by atoms with E-state index in [1.165, 1.54) is 5.56 Å². The van der Waals surface area contributed by atoms with E-state index < -0.39 is 0 Å². The Morgan fingerprint density at radius 2 is 2.32 bits per heavy atom. The number of halogens is 1. The second kappa shape index (κ2) is 6.39. The molecule has 1 heterocycles. The van der Waals surface area contributed by atoms with Crippen LogP contribution < -0.4 is 16.0 Å². The van der Waals surface area contributed by atoms with Gasteiger partial charge in [-0.25, -0.2) is 0 Å². The summed E-state index contributed by atoms with van der Waals surface area (Å²) < 4.78 is 1.05. The smallest absolute Gasteiger partial charge is 0.240 e. The van der Waals surface area contributed by atoms with Gasteiger partial charge in [-0.2, -0.15) is 0 Å². The minimum atomic E-state index is -0.224. The molecule has 0 saturated carbocycles. The number of benzene rings is 1. The van der Waals surface area contributed by atoms with Gasteiger partial charge >= 0.3 is 0 Å². The number of carbonyl (C=O) groups excluding carboxylic acids is 1. The van der Waals surface area contributed by atoms with Crippen molar-refractivity contribution in [3.63, 3.8) is 0 Å². The largest absolute Gasteiger partial charge is 0.368 e. The third kappa shape index (κ3) is 3.28. The molecular weight excluding hydrogens is 306 g/mol. The highest BCUT2D eigenvalue weighted by atomic mass is 79.9. The first-order chi connectivity index (χ1) is 9.13. The Balaban J connectivity index is 2.35. The lowest BCUT2D eigenvalue weighted by atomic mass is 9.99. The molecule has 0 spiro atoms. The van der Waals surface area contributed by atoms with Gasteiger partial charge in [-0.05, 0) is 50.1 Å². The molecule has 5 heteroatoms. The van der Waals surface area contributed by atoms with E-state index in [1.807, 2.05) is 13.1 Å². The van der Waals surface area contributed by atoms with Gasteiger partial charge in [0, 0.05) is 23.2 Å². The second-order valence-corrected chi connectivity index (χ2v) is 5.83. The highest BCUT2D eigenvalue weighted by Crippen LogP contribution is 2.30. The molecule has 19 heavy (non-hydrogen) atoms. The van der Waals surface area contributed by atoms with E-state index in [1.54, 1.807) is 0 Å². The summed E-state index contributed by atoms with van der Waals surface area (Å²) in [4.78, 5) is 13.8. The predicted molar refractivity (Wildman–Crippen MR) is 81.1 cm³/mol. The Hall–Kier alpha value is -1.07. The van der Waals surface area contributed by atoms with Crippen LogP contribution in [0.4, 0.5) is 5.69 Å². The number of nitrogens with two attached hydrogens (primary N) is 1. The zero-order chi connectivity index (χ0) is 13.8. The van der Waals surface area contributed by atoms with Crippen molar-refractivity contribution >= 4 is 27.5 Å². The number of piperidine rings is 1. The number of nitrogens with one attached hydrogen (secondary N) is 1. The average Bonchev–Trinajstić information content (AvgIpc) is 2.39. The molecule has 1 fully saturated rings. The molecule has 1 aliphatic heterocycles. The van der Waals surface area contributed by atoms with Gasteiger partial charge in [0.25, 0.3) is 0 Å². The summed E-state index contributed by atoms with van der Waals surface area (Å²) >= 11 is 3.50. The summed E-state index contributed by atoms with van der Waals surface area (Å²) in [5.74, 6) is -0.224. The first kappa shape index (κ1) is 14.3. The van der Waals surface area contributed by atoms with Crippen LogP contribution >= 0.6 is 15.9 Å². The molecule has 1 amide bonds. The van der Waals surface area contributed by atoms with Crippen molar-refractivity contribution < 1.29 is 4.79 Å². The normalized spacial score (nSPS) is 19.5. The summed E-state index contributed by atoms with van der Waals surface area (Å²) in [5.41, 5.74) is 7.84. The lowest BCUT2D eigenvalue weighted by molar-refractivity contribution is -0.119. The van der Waals surface area contributed by atoms with Gasteiger partial charge in [-0.15, -0.1) is 0 Å². The zero-order valence-corrected chi connectivity index (χ0v) is 12.7. The molecule has 1 aromatic carbocycles. The van der Waals surface area contributed by atoms with Gasteiger partial charge in [0.05, 0.1) is 0 Å². The van der Waals surface area contributed by atoms with Gasteiger partial charge < -0.3 is 16.0 Å². The number of hydrogen-bond donors (Lipinski definition) is 2. The summed E-state index contributed by atoms with van der Waals surface area (Å²) in [5, 5.41) is 3.17. The minimum Gasteiger partial charge on any atom is -0.368 e. The van der Waals surface area contributed by atoms with Crippen LogP contribution in [0.5, 0.6) is 0 Å². The predicted octanol–water partition coefficient (Wildman–Crippen LogP) is 2.01. The van der Waals surface area contributed by atoms with Crippen LogP contribution in [0.3, 0.4) is 0 Å². The van der Waals surface area contributed by atoms with Gasteiger partial charge in [0.2, 0.25) is 5.91 Å². The summed E-state index contributed by atoms with van der Waals surface area (Å²) in [6.07, 6.45) is 3.03. The Bertz CT molecular complexity index is 464. The number of nitrogens with zero attached hydrogens (tertiary/aromatic N) is 1. The van der Waals surface area contributed by atoms with Crippen LogP contribution in [0.15, 0.2) is 22.7 Å². The molecule has 104 valence electrons. The molecule has 0 radical (unpaired) electrons. The summed E-state index contributed by atoms with van der Waals surface area (Å²) in [7, 11) is 1.92. The van der Waals surface area contributed by atoms with Crippen LogP contribution in [0, 0.1) is 0 Å². The number of primary amides is 1. The molecule has 0 aromatic heterocycles. The molecule has 1 unspecified atom stereocenters. The molecule has 0 bridgehead atoms. The number of hydrogen-bond acceptors (Lipinski definition) is 3. The van der Waals surface area contributed by atoms with E-state index in [0.29, 0.717) is 0 Å². The SMILES string of the molecule is CNCc1cc(Br)ccc1N1CCCCC1C(N)=O. The van der Waals surface area contributed by atoms with E-state index in [4.69, 9.17) is 5.73 Å². The molecule has 1 aliphatic rings. The van der Waals surface area contributed by atoms with Crippen molar-refractivity contribution in [3.05, 3.63) is 28.2 Å². The fraction of sp³-hybridized carbons (Fsp3) is 0.500. The first-order valence-corrected chi connectivity index (χ1v) is 7.41. The van der Waals surface area contributed by atoms with Crippen LogP contribution in [0.1, 0.15) is 24.8 Å². The Labute approximate surface area is 122 Å². The molecule has 0 aliphatic carbocycles. The number of carbonyl (C=O) groups is 1. The van der Waals surface area contributed by atoms with Crippen molar-refractivity contribution in [1.82, 2.24) is 5.32 Å². The van der Waals surface area contributed by atoms with Crippen molar-refractivity contribution in [2.24, 2.45) is 5.73 Å². The van der Waals surface area contributed by atoms with Crippen LogP contribution in [0.2, 0.25) is 0 Å². The lowest BCUT2D eigenvalue weighted by Crippen LogP contribution is -2.48. The van der Waals surface area contributed by atoms with Crippen molar-refractivity contribution in [3.8, 4) is 0 Å². The zero-order valence-electron chi connectivity index (χ0n) is 11.2. The van der Waals surface area contributed by atoms with E-state index in [9.17, 15) is 4.79 Å².